The van der Waals surface area contributed by atoms with E-state index in [4.69, 9.17) is 0 Å². The van der Waals surface area contributed by atoms with E-state index < -0.39 is 0 Å². The minimum atomic E-state index is 0.994. The topological polar surface area (TPSA) is 15.6 Å². The molecule has 0 spiro atoms. The van der Waals surface area contributed by atoms with Crippen LogP contribution in [0, 0.1) is 0 Å². The maximum absolute atomic E-state index is 4.13. The van der Waals surface area contributed by atoms with Gasteiger partial charge in [-0.25, -0.2) is 0 Å². The van der Waals surface area contributed by atoms with E-state index in [9.17, 15) is 0 Å². The molecular formula is C7H13BrN2. The fraction of sp³-hybridized carbons (Fsp3) is 0.857. The van der Waals surface area contributed by atoms with Gasteiger partial charge in [0.2, 0.25) is 0 Å². The number of alkyl halides is 1. The molecule has 0 radical (unpaired) electrons. The molecule has 0 fully saturated rings. The molecule has 0 amide bonds. The van der Waals surface area contributed by atoms with Crippen LogP contribution in [0.3, 0.4) is 0 Å². The van der Waals surface area contributed by atoms with Gasteiger partial charge in [0.15, 0.2) is 0 Å². The normalized spacial score (nSPS) is 16.7. The van der Waals surface area contributed by atoms with Crippen molar-refractivity contribution in [2.75, 3.05) is 25.0 Å². The average molecular weight is 205 g/mol. The molecule has 2 nitrogen and oxygen atoms in total. The number of nitrogens with zero attached hydrogens (tertiary/aromatic N) is 2. The molecule has 0 bridgehead atoms. The van der Waals surface area contributed by atoms with Crippen molar-refractivity contribution in [2.24, 2.45) is 4.99 Å². The third-order valence-corrected chi connectivity index (χ3v) is 2.15. The van der Waals surface area contributed by atoms with Crippen LogP contribution in [-0.2, 0) is 0 Å². The highest BCUT2D eigenvalue weighted by Crippen LogP contribution is 1.99. The molecule has 0 aromatic carbocycles. The van der Waals surface area contributed by atoms with Crippen molar-refractivity contribution in [3.8, 4) is 0 Å². The molecule has 10 heavy (non-hydrogen) atoms. The van der Waals surface area contributed by atoms with Gasteiger partial charge in [0.05, 0.1) is 12.9 Å². The van der Waals surface area contributed by atoms with Crippen LogP contribution in [0.25, 0.3) is 0 Å². The first kappa shape index (κ1) is 8.05. The van der Waals surface area contributed by atoms with Crippen molar-refractivity contribution in [3.63, 3.8) is 0 Å². The third-order valence-electron chi connectivity index (χ3n) is 1.59. The van der Waals surface area contributed by atoms with Crippen molar-refractivity contribution in [1.82, 2.24) is 4.90 Å². The van der Waals surface area contributed by atoms with Crippen LogP contribution in [0.1, 0.15) is 12.8 Å². The zero-order valence-corrected chi connectivity index (χ0v) is 7.68. The van der Waals surface area contributed by atoms with Gasteiger partial charge in [0.1, 0.15) is 0 Å². The molecule has 1 rings (SSSR count). The largest absolute Gasteiger partial charge is 0.361 e. The quantitative estimate of drug-likeness (QED) is 0.501. The van der Waals surface area contributed by atoms with Gasteiger partial charge in [-0.2, -0.15) is 0 Å². The molecule has 3 heteroatoms. The highest BCUT2D eigenvalue weighted by atomic mass is 79.9. The van der Waals surface area contributed by atoms with Crippen molar-refractivity contribution in [2.45, 2.75) is 12.8 Å². The van der Waals surface area contributed by atoms with Crippen molar-refractivity contribution >= 4 is 22.3 Å². The Bertz CT molecular complexity index is 114. The van der Waals surface area contributed by atoms with Crippen LogP contribution >= 0.6 is 15.9 Å². The van der Waals surface area contributed by atoms with Gasteiger partial charge in [-0.1, -0.05) is 15.9 Å². The van der Waals surface area contributed by atoms with Gasteiger partial charge in [-0.15, -0.1) is 0 Å². The molecular weight excluding hydrogens is 192 g/mol. The summed E-state index contributed by atoms with van der Waals surface area (Å²) in [4.78, 5) is 6.41. The zero-order valence-electron chi connectivity index (χ0n) is 6.09. The van der Waals surface area contributed by atoms with E-state index in [1.165, 1.54) is 19.4 Å². The Morgan fingerprint density at radius 3 is 3.00 bits per heavy atom. The number of hydrogen-bond acceptors (Lipinski definition) is 2. The summed E-state index contributed by atoms with van der Waals surface area (Å²) in [5.41, 5.74) is 0. The highest BCUT2D eigenvalue weighted by molar-refractivity contribution is 9.09. The smallest absolute Gasteiger partial charge is 0.0851 e. The molecule has 1 aliphatic heterocycles. The Labute approximate surface area is 70.4 Å². The summed E-state index contributed by atoms with van der Waals surface area (Å²) in [6.07, 6.45) is 4.51. The van der Waals surface area contributed by atoms with Crippen LogP contribution in [-0.4, -0.2) is 36.2 Å². The molecule has 0 aromatic heterocycles. The van der Waals surface area contributed by atoms with Crippen LogP contribution in [0.2, 0.25) is 0 Å². The molecule has 0 N–H and O–H groups in total. The summed E-state index contributed by atoms with van der Waals surface area (Å²) in [6.45, 7) is 3.30. The first-order valence-electron chi connectivity index (χ1n) is 3.73. The summed E-state index contributed by atoms with van der Waals surface area (Å²) in [6, 6.07) is 0. The van der Waals surface area contributed by atoms with Crippen LogP contribution < -0.4 is 0 Å². The summed E-state index contributed by atoms with van der Waals surface area (Å²) < 4.78 is 0. The van der Waals surface area contributed by atoms with E-state index in [0.717, 1.165) is 18.4 Å². The second-order valence-electron chi connectivity index (χ2n) is 2.45. The summed E-state index contributed by atoms with van der Waals surface area (Å²) in [5, 5.41) is 1.12. The molecule has 0 saturated carbocycles. The molecule has 58 valence electrons. The lowest BCUT2D eigenvalue weighted by Crippen LogP contribution is -2.20. The average Bonchev–Trinajstić information content (AvgIpc) is 2.41. The lowest BCUT2D eigenvalue weighted by Gasteiger charge is -2.11. The number of unbranched alkanes of at least 4 members (excludes halogenated alkanes) is 1. The Morgan fingerprint density at radius 1 is 1.50 bits per heavy atom. The molecule has 0 unspecified atom stereocenters. The zero-order chi connectivity index (χ0) is 7.23. The van der Waals surface area contributed by atoms with E-state index in [0.29, 0.717) is 0 Å². The van der Waals surface area contributed by atoms with Gasteiger partial charge >= 0.3 is 0 Å². The van der Waals surface area contributed by atoms with E-state index >= 15 is 0 Å². The predicted molar refractivity (Wildman–Crippen MR) is 48.0 cm³/mol. The van der Waals surface area contributed by atoms with Gasteiger partial charge < -0.3 is 4.90 Å². The summed E-state index contributed by atoms with van der Waals surface area (Å²) >= 11 is 3.41. The summed E-state index contributed by atoms with van der Waals surface area (Å²) in [5.74, 6) is 0. The van der Waals surface area contributed by atoms with Crippen molar-refractivity contribution < 1.29 is 0 Å². The van der Waals surface area contributed by atoms with Crippen LogP contribution in [0.15, 0.2) is 4.99 Å². The standard InChI is InChI=1S/C7H13BrN2/c8-3-1-2-5-10-6-4-9-7-10/h7H,1-6H2. The van der Waals surface area contributed by atoms with Gasteiger partial charge in [0, 0.05) is 18.4 Å². The Balaban J connectivity index is 1.97. The second kappa shape index (κ2) is 4.72. The van der Waals surface area contributed by atoms with Crippen molar-refractivity contribution in [1.29, 1.82) is 0 Å². The van der Waals surface area contributed by atoms with Crippen LogP contribution in [0.4, 0.5) is 0 Å². The lowest BCUT2D eigenvalue weighted by atomic mass is 10.3. The summed E-state index contributed by atoms with van der Waals surface area (Å²) in [7, 11) is 0. The highest BCUT2D eigenvalue weighted by Gasteiger charge is 2.02. The first-order chi connectivity index (χ1) is 4.93. The number of halogens is 1. The van der Waals surface area contributed by atoms with Gasteiger partial charge in [0.25, 0.3) is 0 Å². The number of aliphatic imine (C=N–C) groups is 1. The predicted octanol–water partition coefficient (Wildman–Crippen LogP) is 1.51. The van der Waals surface area contributed by atoms with Gasteiger partial charge in [-0.05, 0) is 12.8 Å². The van der Waals surface area contributed by atoms with E-state index in [-0.39, 0.29) is 0 Å². The molecule has 1 heterocycles. The second-order valence-corrected chi connectivity index (χ2v) is 3.25. The first-order valence-corrected chi connectivity index (χ1v) is 4.85. The van der Waals surface area contributed by atoms with Crippen molar-refractivity contribution in [3.05, 3.63) is 0 Å². The number of hydrogen-bond donors (Lipinski definition) is 0. The van der Waals surface area contributed by atoms with Gasteiger partial charge in [-0.3, -0.25) is 4.99 Å². The van der Waals surface area contributed by atoms with Crippen LogP contribution in [0.5, 0.6) is 0 Å². The molecule has 0 atom stereocenters. The van der Waals surface area contributed by atoms with E-state index in [2.05, 4.69) is 25.8 Å². The third kappa shape index (κ3) is 2.69. The Hall–Kier alpha value is -0.0500. The molecule has 0 aliphatic carbocycles. The molecule has 1 aliphatic rings. The fourth-order valence-corrected chi connectivity index (χ4v) is 1.39. The Kier molecular flexibility index (Phi) is 3.80. The van der Waals surface area contributed by atoms with E-state index in [1.807, 2.05) is 6.34 Å². The molecule has 0 aromatic rings. The lowest BCUT2D eigenvalue weighted by molar-refractivity contribution is 0.454. The number of rotatable bonds is 4. The van der Waals surface area contributed by atoms with E-state index in [1.54, 1.807) is 0 Å². The minimum absolute atomic E-state index is 0.994. The monoisotopic (exact) mass is 204 g/mol. The minimum Gasteiger partial charge on any atom is -0.361 e. The maximum atomic E-state index is 4.13. The maximum Gasteiger partial charge on any atom is 0.0851 e. The SMILES string of the molecule is BrCCCCN1C=NCC1. The Morgan fingerprint density at radius 2 is 2.40 bits per heavy atom. The fourth-order valence-electron chi connectivity index (χ4n) is 0.996. The molecule has 0 saturated heterocycles.